The van der Waals surface area contributed by atoms with E-state index in [9.17, 15) is 8.42 Å². The summed E-state index contributed by atoms with van der Waals surface area (Å²) in [4.78, 5) is 0.250. The van der Waals surface area contributed by atoms with Gasteiger partial charge in [-0.05, 0) is 42.6 Å². The number of nitrogens with one attached hydrogen (secondary N) is 2. The summed E-state index contributed by atoms with van der Waals surface area (Å²) in [6.07, 6.45) is 0.864. The lowest BCUT2D eigenvalue weighted by Crippen LogP contribution is -2.24. The highest BCUT2D eigenvalue weighted by Crippen LogP contribution is 2.32. The van der Waals surface area contributed by atoms with Gasteiger partial charge in [0.1, 0.15) is 5.75 Å². The smallest absolute Gasteiger partial charge is 0.226 e. The van der Waals surface area contributed by atoms with Crippen molar-refractivity contribution in [3.8, 4) is 5.75 Å². The Morgan fingerprint density at radius 3 is 2.61 bits per heavy atom. The molecule has 0 aliphatic heterocycles. The zero-order chi connectivity index (χ0) is 21.1. The maximum absolute atomic E-state index is 13.5. The Labute approximate surface area is 188 Å². The molecule has 1 heterocycles. The molecule has 2 N–H and O–H groups in total. The van der Waals surface area contributed by atoms with Crippen LogP contribution in [-0.4, -0.2) is 37.8 Å². The summed E-state index contributed by atoms with van der Waals surface area (Å²) >= 11 is 0. The number of hydrogen-bond acceptors (Lipinski definition) is 5. The Balaban J connectivity index is 0.00000272. The van der Waals surface area contributed by atoms with Gasteiger partial charge in [0.25, 0.3) is 0 Å². The monoisotopic (exact) mass is 459 g/mol. The lowest BCUT2D eigenvalue weighted by molar-refractivity contribution is 0.306. The van der Waals surface area contributed by atoms with Crippen molar-refractivity contribution in [3.05, 3.63) is 60.7 Å². The summed E-state index contributed by atoms with van der Waals surface area (Å²) < 4.78 is 32.8. The highest BCUT2D eigenvalue weighted by atomic mass is 35.5. The third-order valence-electron chi connectivity index (χ3n) is 4.94. The highest BCUT2D eigenvalue weighted by molar-refractivity contribution is 7.91. The molecule has 1 aromatic heterocycles. The van der Waals surface area contributed by atoms with Crippen molar-refractivity contribution >= 4 is 43.9 Å². The Kier molecular flexibility index (Phi) is 7.20. The van der Waals surface area contributed by atoms with Gasteiger partial charge in [-0.25, -0.2) is 8.42 Å². The molecule has 0 fully saturated rings. The van der Waals surface area contributed by atoms with Crippen LogP contribution in [0, 0.1) is 0 Å². The van der Waals surface area contributed by atoms with Gasteiger partial charge in [0, 0.05) is 16.8 Å². The molecular weight excluding hydrogens is 434 g/mol. The van der Waals surface area contributed by atoms with E-state index in [1.165, 1.54) is 0 Å². The van der Waals surface area contributed by atoms with Crippen LogP contribution in [0.25, 0.3) is 21.7 Å². The molecule has 4 aromatic rings. The van der Waals surface area contributed by atoms with E-state index in [1.807, 2.05) is 36.4 Å². The number of nitrogens with zero attached hydrogens (tertiary/aromatic N) is 1. The van der Waals surface area contributed by atoms with Gasteiger partial charge >= 0.3 is 0 Å². The zero-order valence-corrected chi connectivity index (χ0v) is 19.1. The van der Waals surface area contributed by atoms with Crippen molar-refractivity contribution in [2.75, 3.05) is 13.2 Å². The molecule has 0 aliphatic carbocycles. The number of hydrogen-bond donors (Lipinski definition) is 2. The molecule has 0 spiro atoms. The van der Waals surface area contributed by atoms with E-state index in [1.54, 1.807) is 24.3 Å². The van der Waals surface area contributed by atoms with E-state index in [0.29, 0.717) is 34.7 Å². The topological polar surface area (TPSA) is 84.1 Å². The summed E-state index contributed by atoms with van der Waals surface area (Å²) in [7, 11) is -3.81. The third kappa shape index (κ3) is 4.84. The lowest BCUT2D eigenvalue weighted by atomic mass is 10.1. The van der Waals surface area contributed by atoms with Crippen LogP contribution in [0.2, 0.25) is 0 Å². The molecule has 0 aliphatic rings. The minimum absolute atomic E-state index is 0. The first kappa shape index (κ1) is 23.1. The summed E-state index contributed by atoms with van der Waals surface area (Å²) in [5.74, 6) is 0.628. The van der Waals surface area contributed by atoms with Crippen LogP contribution in [0.4, 0.5) is 0 Å². The van der Waals surface area contributed by atoms with E-state index in [2.05, 4.69) is 29.4 Å². The number of ether oxygens (including phenoxy) is 1. The SMILES string of the molecule is CC(C)NCCCOc1ccc2[nH]nc(S(=O)(=O)c3cccc4ccccc34)c2c1.Cl. The van der Waals surface area contributed by atoms with Gasteiger partial charge in [0.15, 0.2) is 5.03 Å². The Morgan fingerprint density at radius 2 is 1.81 bits per heavy atom. The maximum Gasteiger partial charge on any atom is 0.226 e. The Bertz CT molecular complexity index is 1280. The number of benzene rings is 3. The quantitative estimate of drug-likeness (QED) is 0.372. The van der Waals surface area contributed by atoms with Crippen LogP contribution >= 0.6 is 12.4 Å². The number of rotatable bonds is 8. The summed E-state index contributed by atoms with van der Waals surface area (Å²) in [5, 5.41) is 12.4. The van der Waals surface area contributed by atoms with Crippen LogP contribution in [0.3, 0.4) is 0 Å². The second-order valence-electron chi connectivity index (χ2n) is 7.53. The van der Waals surface area contributed by atoms with Gasteiger partial charge in [-0.15, -0.1) is 12.4 Å². The normalized spacial score (nSPS) is 11.7. The minimum Gasteiger partial charge on any atom is -0.494 e. The number of sulfone groups is 1. The number of H-pyrrole nitrogens is 1. The number of fused-ring (bicyclic) bond motifs is 2. The van der Waals surface area contributed by atoms with Crippen molar-refractivity contribution in [2.24, 2.45) is 0 Å². The molecule has 6 nitrogen and oxygen atoms in total. The first-order chi connectivity index (χ1) is 14.5. The van der Waals surface area contributed by atoms with E-state index in [0.717, 1.165) is 18.4 Å². The Morgan fingerprint density at radius 1 is 1.03 bits per heavy atom. The molecule has 0 unspecified atom stereocenters. The summed E-state index contributed by atoms with van der Waals surface area (Å²) in [6, 6.07) is 18.5. The van der Waals surface area contributed by atoms with Crippen molar-refractivity contribution in [2.45, 2.75) is 36.2 Å². The zero-order valence-electron chi connectivity index (χ0n) is 17.5. The first-order valence-electron chi connectivity index (χ1n) is 10.0. The molecular formula is C23H26ClN3O3S. The first-order valence-corrected chi connectivity index (χ1v) is 11.5. The molecule has 0 saturated heterocycles. The second kappa shape index (κ2) is 9.68. The number of aromatic amines is 1. The van der Waals surface area contributed by atoms with E-state index < -0.39 is 9.84 Å². The third-order valence-corrected chi connectivity index (χ3v) is 6.69. The molecule has 0 saturated carbocycles. The van der Waals surface area contributed by atoms with Gasteiger partial charge in [-0.1, -0.05) is 50.2 Å². The largest absolute Gasteiger partial charge is 0.494 e. The molecule has 4 rings (SSSR count). The lowest BCUT2D eigenvalue weighted by Gasteiger charge is -2.10. The number of halogens is 1. The fourth-order valence-corrected chi connectivity index (χ4v) is 5.02. The molecule has 3 aromatic carbocycles. The molecule has 0 bridgehead atoms. The number of aromatic nitrogens is 2. The Hall–Kier alpha value is -2.61. The van der Waals surface area contributed by atoms with E-state index >= 15 is 0 Å². The van der Waals surface area contributed by atoms with Crippen LogP contribution in [-0.2, 0) is 9.84 Å². The second-order valence-corrected chi connectivity index (χ2v) is 9.36. The summed E-state index contributed by atoms with van der Waals surface area (Å²) in [5.41, 5.74) is 0.655. The van der Waals surface area contributed by atoms with Gasteiger partial charge in [-0.3, -0.25) is 5.10 Å². The van der Waals surface area contributed by atoms with Gasteiger partial charge in [-0.2, -0.15) is 5.10 Å². The molecule has 164 valence electrons. The average Bonchev–Trinajstić information content (AvgIpc) is 3.17. The van der Waals surface area contributed by atoms with E-state index in [4.69, 9.17) is 4.74 Å². The van der Waals surface area contributed by atoms with Gasteiger partial charge in [0.05, 0.1) is 17.0 Å². The molecule has 0 radical (unpaired) electrons. The van der Waals surface area contributed by atoms with Crippen LogP contribution < -0.4 is 10.1 Å². The van der Waals surface area contributed by atoms with Gasteiger partial charge < -0.3 is 10.1 Å². The molecule has 31 heavy (non-hydrogen) atoms. The van der Waals surface area contributed by atoms with Crippen LogP contribution in [0.15, 0.2) is 70.6 Å². The average molecular weight is 460 g/mol. The molecule has 0 atom stereocenters. The predicted molar refractivity (Wildman–Crippen MR) is 126 cm³/mol. The van der Waals surface area contributed by atoms with E-state index in [-0.39, 0.29) is 22.3 Å². The fraction of sp³-hybridized carbons (Fsp3) is 0.261. The highest BCUT2D eigenvalue weighted by Gasteiger charge is 2.25. The van der Waals surface area contributed by atoms with Crippen molar-refractivity contribution in [3.63, 3.8) is 0 Å². The van der Waals surface area contributed by atoms with Crippen LogP contribution in [0.5, 0.6) is 5.75 Å². The summed E-state index contributed by atoms with van der Waals surface area (Å²) in [6.45, 7) is 5.62. The fourth-order valence-electron chi connectivity index (χ4n) is 3.45. The molecule has 0 amide bonds. The van der Waals surface area contributed by atoms with Gasteiger partial charge in [0.2, 0.25) is 9.84 Å². The van der Waals surface area contributed by atoms with Crippen LogP contribution in [0.1, 0.15) is 20.3 Å². The maximum atomic E-state index is 13.5. The minimum atomic E-state index is -3.81. The van der Waals surface area contributed by atoms with Crippen molar-refractivity contribution < 1.29 is 13.2 Å². The molecule has 8 heteroatoms. The predicted octanol–water partition coefficient (Wildman–Crippen LogP) is 4.74. The standard InChI is InChI=1S/C23H25N3O3S.ClH/c1-16(2)24-13-6-14-29-18-11-12-21-20(15-18)23(26-25-21)30(27,28)22-10-5-8-17-7-3-4-9-19(17)22;/h3-5,7-12,15-16,24H,6,13-14H2,1-2H3,(H,25,26);1H. The van der Waals surface area contributed by atoms with Crippen molar-refractivity contribution in [1.29, 1.82) is 0 Å². The van der Waals surface area contributed by atoms with Crippen molar-refractivity contribution in [1.82, 2.24) is 15.5 Å².